The lowest BCUT2D eigenvalue weighted by Crippen LogP contribution is -2.19. The molecule has 0 atom stereocenters. The first-order chi connectivity index (χ1) is 8.63. The summed E-state index contributed by atoms with van der Waals surface area (Å²) >= 11 is 1.31. The highest BCUT2D eigenvalue weighted by Gasteiger charge is 2.14. The molecule has 0 saturated carbocycles. The molecule has 92 valence electrons. The van der Waals surface area contributed by atoms with Crippen LogP contribution in [0.15, 0.2) is 39.1 Å². The van der Waals surface area contributed by atoms with Crippen molar-refractivity contribution < 1.29 is 0 Å². The van der Waals surface area contributed by atoms with Crippen LogP contribution in [0.25, 0.3) is 0 Å². The Morgan fingerprint density at radius 2 is 2.17 bits per heavy atom. The highest BCUT2D eigenvalue weighted by molar-refractivity contribution is 7.99. The topological polar surface area (TPSA) is 74.5 Å². The zero-order valence-corrected chi connectivity index (χ0v) is 10.9. The minimum Gasteiger partial charge on any atom is -0.267 e. The number of hydrogen-bond donors (Lipinski definition) is 1. The molecule has 2 aromatic rings. The van der Waals surface area contributed by atoms with Crippen LogP contribution in [0, 0.1) is 11.3 Å². The maximum Gasteiger partial charge on any atom is 0.344 e. The molecule has 0 spiro atoms. The smallest absolute Gasteiger partial charge is 0.267 e. The van der Waals surface area contributed by atoms with Gasteiger partial charge in [0, 0.05) is 10.9 Å². The number of aromatic nitrogens is 3. The predicted octanol–water partition coefficient (Wildman–Crippen LogP) is 2.18. The molecule has 0 aliphatic carbocycles. The van der Waals surface area contributed by atoms with Crippen molar-refractivity contribution in [1.82, 2.24) is 14.8 Å². The van der Waals surface area contributed by atoms with Crippen LogP contribution in [-0.2, 0) is 0 Å². The summed E-state index contributed by atoms with van der Waals surface area (Å²) in [5, 5.41) is 16.0. The van der Waals surface area contributed by atoms with Crippen molar-refractivity contribution in [2.24, 2.45) is 0 Å². The molecule has 0 bridgehead atoms. The molecule has 6 heteroatoms. The number of nitrogens with zero attached hydrogens (tertiary/aromatic N) is 3. The van der Waals surface area contributed by atoms with Gasteiger partial charge in [-0.1, -0.05) is 12.1 Å². The van der Waals surface area contributed by atoms with E-state index < -0.39 is 0 Å². The second-order valence-corrected chi connectivity index (χ2v) is 4.99. The Morgan fingerprint density at radius 1 is 1.44 bits per heavy atom. The number of aromatic amines is 1. The number of nitrogens with one attached hydrogen (secondary N) is 1. The van der Waals surface area contributed by atoms with Crippen molar-refractivity contribution >= 4 is 11.8 Å². The Morgan fingerprint density at radius 3 is 2.83 bits per heavy atom. The summed E-state index contributed by atoms with van der Waals surface area (Å²) in [4.78, 5) is 12.4. The minimum atomic E-state index is -0.234. The number of rotatable bonds is 3. The van der Waals surface area contributed by atoms with Gasteiger partial charge >= 0.3 is 5.69 Å². The fraction of sp³-hybridized carbons (Fsp3) is 0.250. The van der Waals surface area contributed by atoms with E-state index in [9.17, 15) is 4.79 Å². The van der Waals surface area contributed by atoms with E-state index in [1.165, 1.54) is 11.8 Å². The van der Waals surface area contributed by atoms with Crippen LogP contribution >= 0.6 is 11.8 Å². The Bertz CT molecular complexity index is 651. The van der Waals surface area contributed by atoms with E-state index in [-0.39, 0.29) is 11.7 Å². The molecule has 0 radical (unpaired) electrons. The standard InChI is InChI=1S/C12H12N4OS/c1-8(2)16-11(17)14-15-12(16)18-10-6-4-3-5-9(10)7-13/h3-6,8H,1-2H3,(H,14,17). The zero-order chi connectivity index (χ0) is 13.1. The molecule has 1 aromatic heterocycles. The molecular weight excluding hydrogens is 248 g/mol. The Labute approximate surface area is 108 Å². The molecule has 0 aliphatic heterocycles. The molecule has 0 unspecified atom stereocenters. The molecule has 0 amide bonds. The summed E-state index contributed by atoms with van der Waals surface area (Å²) in [5.74, 6) is 0. The largest absolute Gasteiger partial charge is 0.344 e. The fourth-order valence-electron chi connectivity index (χ4n) is 1.56. The van der Waals surface area contributed by atoms with Gasteiger partial charge in [-0.3, -0.25) is 4.57 Å². The van der Waals surface area contributed by atoms with Gasteiger partial charge in [-0.15, -0.1) is 5.10 Å². The van der Waals surface area contributed by atoms with Crippen molar-refractivity contribution in [3.05, 3.63) is 40.3 Å². The van der Waals surface area contributed by atoms with Gasteiger partial charge in [0.2, 0.25) is 0 Å². The van der Waals surface area contributed by atoms with Crippen LogP contribution < -0.4 is 5.69 Å². The van der Waals surface area contributed by atoms with Crippen LogP contribution in [0.4, 0.5) is 0 Å². The Balaban J connectivity index is 2.41. The Kier molecular flexibility index (Phi) is 3.53. The third-order valence-electron chi connectivity index (χ3n) is 2.40. The highest BCUT2D eigenvalue weighted by Crippen LogP contribution is 2.28. The minimum absolute atomic E-state index is 0.0213. The van der Waals surface area contributed by atoms with Gasteiger partial charge in [-0.25, -0.2) is 9.89 Å². The van der Waals surface area contributed by atoms with Gasteiger partial charge in [0.1, 0.15) is 6.07 Å². The SMILES string of the molecule is CC(C)n1c(Sc2ccccc2C#N)n[nH]c1=O. The number of hydrogen-bond acceptors (Lipinski definition) is 4. The van der Waals surface area contributed by atoms with E-state index in [2.05, 4.69) is 16.3 Å². The third kappa shape index (κ3) is 2.31. The maximum atomic E-state index is 11.6. The maximum absolute atomic E-state index is 11.6. The zero-order valence-electron chi connectivity index (χ0n) is 10.0. The van der Waals surface area contributed by atoms with E-state index in [0.29, 0.717) is 10.7 Å². The monoisotopic (exact) mass is 260 g/mol. The van der Waals surface area contributed by atoms with Crippen LogP contribution in [0.2, 0.25) is 0 Å². The van der Waals surface area contributed by atoms with Crippen LogP contribution in [-0.4, -0.2) is 14.8 Å². The van der Waals surface area contributed by atoms with Crippen molar-refractivity contribution in [1.29, 1.82) is 5.26 Å². The highest BCUT2D eigenvalue weighted by atomic mass is 32.2. The van der Waals surface area contributed by atoms with E-state index >= 15 is 0 Å². The number of nitriles is 1. The summed E-state index contributed by atoms with van der Waals surface area (Å²) in [6, 6.07) is 9.39. The summed E-state index contributed by atoms with van der Waals surface area (Å²) in [7, 11) is 0. The van der Waals surface area contributed by atoms with Crippen molar-refractivity contribution in [3.8, 4) is 6.07 Å². The summed E-state index contributed by atoms with van der Waals surface area (Å²) < 4.78 is 1.57. The Hall–Kier alpha value is -2.00. The average molecular weight is 260 g/mol. The molecule has 0 aliphatic rings. The van der Waals surface area contributed by atoms with E-state index in [1.54, 1.807) is 10.6 Å². The molecule has 1 heterocycles. The first-order valence-electron chi connectivity index (χ1n) is 5.47. The quantitative estimate of drug-likeness (QED) is 0.917. The molecule has 1 N–H and O–H groups in total. The number of benzene rings is 1. The summed E-state index contributed by atoms with van der Waals surface area (Å²) in [6.07, 6.45) is 0. The number of H-pyrrole nitrogens is 1. The van der Waals surface area contributed by atoms with Crippen LogP contribution in [0.5, 0.6) is 0 Å². The van der Waals surface area contributed by atoms with Crippen molar-refractivity contribution in [2.75, 3.05) is 0 Å². The van der Waals surface area contributed by atoms with E-state index in [1.807, 2.05) is 32.0 Å². The van der Waals surface area contributed by atoms with E-state index in [0.717, 1.165) is 4.90 Å². The molecule has 1 aromatic carbocycles. The van der Waals surface area contributed by atoms with Gasteiger partial charge in [0.25, 0.3) is 0 Å². The lowest BCUT2D eigenvalue weighted by molar-refractivity contribution is 0.534. The molecular formula is C12H12N4OS. The average Bonchev–Trinajstić information content (AvgIpc) is 2.71. The lowest BCUT2D eigenvalue weighted by atomic mass is 10.2. The van der Waals surface area contributed by atoms with Crippen LogP contribution in [0.3, 0.4) is 0 Å². The second kappa shape index (κ2) is 5.10. The van der Waals surface area contributed by atoms with E-state index in [4.69, 9.17) is 5.26 Å². The third-order valence-corrected chi connectivity index (χ3v) is 3.44. The summed E-state index contributed by atoms with van der Waals surface area (Å²) in [5.41, 5.74) is 0.343. The second-order valence-electron chi connectivity index (χ2n) is 3.99. The molecule has 2 rings (SSSR count). The van der Waals surface area contributed by atoms with Crippen LogP contribution in [0.1, 0.15) is 25.5 Å². The van der Waals surface area contributed by atoms with Crippen molar-refractivity contribution in [2.45, 2.75) is 29.9 Å². The first kappa shape index (κ1) is 12.5. The van der Waals surface area contributed by atoms with Gasteiger partial charge in [0.05, 0.1) is 5.56 Å². The first-order valence-corrected chi connectivity index (χ1v) is 6.29. The summed E-state index contributed by atoms with van der Waals surface area (Å²) in [6.45, 7) is 3.83. The molecule has 5 nitrogen and oxygen atoms in total. The van der Waals surface area contributed by atoms with Gasteiger partial charge in [0.15, 0.2) is 5.16 Å². The molecule has 18 heavy (non-hydrogen) atoms. The molecule has 0 saturated heterocycles. The predicted molar refractivity (Wildman–Crippen MR) is 68.5 cm³/mol. The normalized spacial score (nSPS) is 10.6. The van der Waals surface area contributed by atoms with Gasteiger partial charge < -0.3 is 0 Å². The lowest BCUT2D eigenvalue weighted by Gasteiger charge is -2.08. The van der Waals surface area contributed by atoms with Gasteiger partial charge in [-0.05, 0) is 37.7 Å². The van der Waals surface area contributed by atoms with Gasteiger partial charge in [-0.2, -0.15) is 5.26 Å². The fourth-order valence-corrected chi connectivity index (χ4v) is 2.61. The molecule has 0 fully saturated rings. The van der Waals surface area contributed by atoms with Crippen molar-refractivity contribution in [3.63, 3.8) is 0 Å².